The van der Waals surface area contributed by atoms with E-state index < -0.39 is 72.3 Å². The Hall–Kier alpha value is -1.41. The first-order valence-corrected chi connectivity index (χ1v) is 15.9. The van der Waals surface area contributed by atoms with Crippen molar-refractivity contribution < 1.29 is 72.0 Å². The number of hydrogen-bond acceptors (Lipinski definition) is 5. The minimum absolute atomic E-state index is 0.0116. The Morgan fingerprint density at radius 1 is 0.796 bits per heavy atom. The molecular formula is C33H55F11O5. The third kappa shape index (κ3) is 14.3. The van der Waals surface area contributed by atoms with Gasteiger partial charge in [0.2, 0.25) is 0 Å². The SMILES string of the molecule is C#CCC1CC(CC(C)F)OC(C)(C)O1.CCC1OC(C)(C)OC(C)(CC(C)F)C1(C)F.CCF.CF.FCC1(F)C(F)(F)COC1(F)F. The maximum atomic E-state index is 14.9. The van der Waals surface area contributed by atoms with Crippen LogP contribution in [0.1, 0.15) is 101 Å². The Morgan fingerprint density at radius 2 is 1.29 bits per heavy atom. The van der Waals surface area contributed by atoms with Crippen molar-refractivity contribution >= 4 is 0 Å². The van der Waals surface area contributed by atoms with Crippen molar-refractivity contribution in [3.05, 3.63) is 0 Å². The molecule has 0 N–H and O–H groups in total. The first kappa shape index (κ1) is 49.7. The minimum atomic E-state index is -4.76. The summed E-state index contributed by atoms with van der Waals surface area (Å²) in [6, 6.07) is 0. The molecule has 0 aromatic heterocycles. The Bertz CT molecular complexity index is 957. The van der Waals surface area contributed by atoms with Crippen LogP contribution >= 0.6 is 0 Å². The van der Waals surface area contributed by atoms with Crippen molar-refractivity contribution in [3.8, 4) is 12.3 Å². The molecule has 8 atom stereocenters. The second-order valence-corrected chi connectivity index (χ2v) is 13.1. The van der Waals surface area contributed by atoms with Gasteiger partial charge in [0.1, 0.15) is 25.1 Å². The third-order valence-corrected chi connectivity index (χ3v) is 7.60. The minimum Gasteiger partial charge on any atom is -0.347 e. The highest BCUT2D eigenvalue weighted by atomic mass is 19.3. The van der Waals surface area contributed by atoms with E-state index in [4.69, 9.17) is 25.4 Å². The van der Waals surface area contributed by atoms with Gasteiger partial charge in [-0.05, 0) is 68.7 Å². The number of terminal acetylenes is 1. The molecule has 5 nitrogen and oxygen atoms in total. The molecule has 3 saturated heterocycles. The van der Waals surface area contributed by atoms with E-state index in [1.54, 1.807) is 27.7 Å². The van der Waals surface area contributed by atoms with Crippen molar-refractivity contribution in [2.24, 2.45) is 0 Å². The maximum Gasteiger partial charge on any atom is 0.398 e. The van der Waals surface area contributed by atoms with Crippen LogP contribution in [0.5, 0.6) is 0 Å². The Labute approximate surface area is 284 Å². The van der Waals surface area contributed by atoms with Gasteiger partial charge in [0.15, 0.2) is 17.2 Å². The van der Waals surface area contributed by atoms with E-state index in [0.717, 1.165) is 0 Å². The lowest BCUT2D eigenvalue weighted by molar-refractivity contribution is -0.380. The fourth-order valence-corrected chi connectivity index (χ4v) is 5.49. The van der Waals surface area contributed by atoms with E-state index in [9.17, 15) is 48.3 Å². The molecule has 8 unspecified atom stereocenters. The molecule has 0 amide bonds. The third-order valence-electron chi connectivity index (χ3n) is 7.60. The molecule has 3 aliphatic rings. The normalized spacial score (nSPS) is 34.8. The second-order valence-electron chi connectivity index (χ2n) is 13.1. The number of halogens is 11. The van der Waals surface area contributed by atoms with Gasteiger partial charge in [-0.15, -0.1) is 12.3 Å². The van der Waals surface area contributed by atoms with Crippen molar-refractivity contribution in [1.82, 2.24) is 0 Å². The summed E-state index contributed by atoms with van der Waals surface area (Å²) in [6.45, 7) is 12.0. The van der Waals surface area contributed by atoms with E-state index >= 15 is 0 Å². The summed E-state index contributed by atoms with van der Waals surface area (Å²) in [5.74, 6) is -3.44. The van der Waals surface area contributed by atoms with Gasteiger partial charge in [-0.1, -0.05) is 6.92 Å². The van der Waals surface area contributed by atoms with Crippen molar-refractivity contribution in [2.45, 2.75) is 173 Å². The van der Waals surface area contributed by atoms with Gasteiger partial charge in [0.25, 0.3) is 5.67 Å². The number of alkyl halides is 11. The van der Waals surface area contributed by atoms with Crippen LogP contribution in [-0.2, 0) is 23.7 Å². The van der Waals surface area contributed by atoms with E-state index in [2.05, 4.69) is 10.7 Å². The summed E-state index contributed by atoms with van der Waals surface area (Å²) in [4.78, 5) is 0. The van der Waals surface area contributed by atoms with Crippen LogP contribution in [0, 0.1) is 12.3 Å². The predicted molar refractivity (Wildman–Crippen MR) is 165 cm³/mol. The summed E-state index contributed by atoms with van der Waals surface area (Å²) < 4.78 is 160. The number of rotatable bonds is 7. The van der Waals surface area contributed by atoms with Crippen LogP contribution in [0.4, 0.5) is 48.3 Å². The highest BCUT2D eigenvalue weighted by Crippen LogP contribution is 2.51. The molecule has 0 aromatic carbocycles. The molecule has 3 aliphatic heterocycles. The van der Waals surface area contributed by atoms with E-state index in [1.807, 2.05) is 20.8 Å². The molecule has 0 aromatic rings. The fraction of sp³-hybridized carbons (Fsp3) is 0.939. The average molecular weight is 741 g/mol. The number of ether oxygens (including phenoxy) is 5. The molecule has 3 fully saturated rings. The zero-order valence-electron chi connectivity index (χ0n) is 30.3. The molecule has 0 aliphatic carbocycles. The van der Waals surface area contributed by atoms with Crippen molar-refractivity contribution in [1.29, 1.82) is 0 Å². The van der Waals surface area contributed by atoms with Crippen LogP contribution in [-0.4, -0.2) is 98.3 Å². The molecule has 0 spiro atoms. The van der Waals surface area contributed by atoms with Crippen molar-refractivity contribution in [2.75, 3.05) is 27.1 Å². The molecule has 0 bridgehead atoms. The zero-order chi connectivity index (χ0) is 39.3. The summed E-state index contributed by atoms with van der Waals surface area (Å²) >= 11 is 0. The van der Waals surface area contributed by atoms with Crippen LogP contribution in [0.15, 0.2) is 0 Å². The van der Waals surface area contributed by atoms with Crippen molar-refractivity contribution in [3.63, 3.8) is 0 Å². The summed E-state index contributed by atoms with van der Waals surface area (Å²) in [5, 5.41) is 0. The van der Waals surface area contributed by atoms with E-state index in [1.165, 1.54) is 20.8 Å². The number of hydrogen-bond donors (Lipinski definition) is 0. The molecule has 294 valence electrons. The predicted octanol–water partition coefficient (Wildman–Crippen LogP) is 9.93. The smallest absolute Gasteiger partial charge is 0.347 e. The summed E-state index contributed by atoms with van der Waals surface area (Å²) in [6.07, 6.45) is 0.0748. The fourth-order valence-electron chi connectivity index (χ4n) is 5.49. The average Bonchev–Trinajstić information content (AvgIpc) is 3.10. The van der Waals surface area contributed by atoms with E-state index in [0.29, 0.717) is 32.9 Å². The molecule has 0 saturated carbocycles. The molecule has 3 rings (SSSR count). The monoisotopic (exact) mass is 740 g/mol. The zero-order valence-corrected chi connectivity index (χ0v) is 30.3. The molecule has 49 heavy (non-hydrogen) atoms. The Balaban J connectivity index is 0. The van der Waals surface area contributed by atoms with Gasteiger partial charge in [-0.2, -0.15) is 17.6 Å². The Morgan fingerprint density at radius 3 is 1.63 bits per heavy atom. The van der Waals surface area contributed by atoms with Crippen LogP contribution in [0.25, 0.3) is 0 Å². The maximum absolute atomic E-state index is 14.9. The highest BCUT2D eigenvalue weighted by Gasteiger charge is 2.77. The topological polar surface area (TPSA) is 46.2 Å². The van der Waals surface area contributed by atoms with Crippen LogP contribution < -0.4 is 0 Å². The molecule has 3 heterocycles. The van der Waals surface area contributed by atoms with E-state index in [-0.39, 0.29) is 25.3 Å². The molecule has 16 heteroatoms. The lowest BCUT2D eigenvalue weighted by atomic mass is 9.77. The van der Waals surface area contributed by atoms with Gasteiger partial charge in [-0.3, -0.25) is 8.78 Å². The molecular weight excluding hydrogens is 685 g/mol. The largest absolute Gasteiger partial charge is 0.398 e. The molecule has 0 radical (unpaired) electrons. The second kappa shape index (κ2) is 20.0. The summed E-state index contributed by atoms with van der Waals surface area (Å²) in [5.41, 5.74) is -7.39. The van der Waals surface area contributed by atoms with Gasteiger partial charge in [0.05, 0.1) is 38.3 Å². The standard InChI is InChI=1S/C13H24F2O2.C12H19FO2.C5H4F6O.C2H5F.CH3F/c1-7-10-13(6,15)12(5,8-9(2)14)17-11(3,4)16-10;1-5-6-10-8-11(7-9(2)13)15-12(3,4)14-10;6-1-3(7)4(8,9)2-12-5(3,10)11;1-2-3;1-2/h9-10H,7-8H2,1-6H3;1,9-11H,6-8H2,2-4H3;1-2H2;2H2,1H3;1H3. The first-order chi connectivity index (χ1) is 22.1. The van der Waals surface area contributed by atoms with Gasteiger partial charge >= 0.3 is 12.0 Å². The van der Waals surface area contributed by atoms with Crippen LogP contribution in [0.2, 0.25) is 0 Å². The first-order valence-electron chi connectivity index (χ1n) is 15.9. The van der Waals surface area contributed by atoms with Gasteiger partial charge in [-0.25, -0.2) is 22.0 Å². The van der Waals surface area contributed by atoms with Crippen LogP contribution in [0.3, 0.4) is 0 Å². The lowest BCUT2D eigenvalue weighted by Crippen LogP contribution is -2.66. The highest BCUT2D eigenvalue weighted by molar-refractivity contribution is 5.06. The van der Waals surface area contributed by atoms with Gasteiger partial charge < -0.3 is 23.7 Å². The van der Waals surface area contributed by atoms with Gasteiger partial charge in [0, 0.05) is 25.7 Å². The Kier molecular flexibility index (Phi) is 20.3. The summed E-state index contributed by atoms with van der Waals surface area (Å²) in [7, 11) is 0.500. The lowest BCUT2D eigenvalue weighted by Gasteiger charge is -2.54. The quantitative estimate of drug-likeness (QED) is 0.192.